The summed E-state index contributed by atoms with van der Waals surface area (Å²) in [6, 6.07) is 0. The van der Waals surface area contributed by atoms with Crippen molar-refractivity contribution < 1.29 is 14.0 Å². The summed E-state index contributed by atoms with van der Waals surface area (Å²) in [5.41, 5.74) is 0. The maximum Gasteiger partial charge on any atom is 0.516 e. The lowest BCUT2D eigenvalue weighted by molar-refractivity contribution is -0.858. The highest BCUT2D eigenvalue weighted by atomic mass is 16.6. The van der Waals surface area contributed by atoms with Crippen LogP contribution in [0, 0.1) is 0 Å². The molecule has 1 amide bonds. The van der Waals surface area contributed by atoms with Crippen molar-refractivity contribution in [1.29, 1.82) is 0 Å². The van der Waals surface area contributed by atoms with Crippen molar-refractivity contribution in [3.8, 4) is 0 Å². The van der Waals surface area contributed by atoms with Gasteiger partial charge in [0.25, 0.3) is 0 Å². The average Bonchev–Trinajstić information content (AvgIpc) is 3.23. The van der Waals surface area contributed by atoms with Crippen molar-refractivity contribution in [2.45, 2.75) is 310 Å². The fourth-order valence-electron chi connectivity index (χ4n) is 9.10. The minimum absolute atomic E-state index is 0.0749. The Bertz CT molecular complexity index is 810. The van der Waals surface area contributed by atoms with Crippen LogP contribution in [-0.4, -0.2) is 36.8 Å². The lowest BCUT2D eigenvalue weighted by atomic mass is 10.0. The normalized spacial score (nSPS) is 12.8. The predicted molar refractivity (Wildman–Crippen MR) is 261 cm³/mol. The lowest BCUT2D eigenvalue weighted by Gasteiger charge is -2.35. The van der Waals surface area contributed by atoms with Crippen LogP contribution in [0.2, 0.25) is 0 Å². The van der Waals surface area contributed by atoms with Gasteiger partial charge in [-0.25, -0.2) is 4.48 Å². The molecule has 0 aliphatic rings. The zero-order chi connectivity index (χ0) is 42.1. The molecule has 3 heteroatoms. The molecule has 0 aromatic carbocycles. The maximum absolute atomic E-state index is 13.8. The first-order valence-electron chi connectivity index (χ1n) is 27.3. The number of hydrogen-bond donors (Lipinski definition) is 0. The molecule has 0 aromatic heterocycles. The molecular weight excluding hydrogens is 707 g/mol. The summed E-state index contributed by atoms with van der Waals surface area (Å²) in [7, 11) is 0. The van der Waals surface area contributed by atoms with Crippen molar-refractivity contribution in [3.63, 3.8) is 0 Å². The number of unbranched alkanes of at least 4 members (excludes halogenated alkanes) is 40. The number of carbonyl (C=O) groups is 1. The second kappa shape index (κ2) is 48.8. The summed E-state index contributed by atoms with van der Waals surface area (Å²) < 4.78 is 6.45. The molecule has 0 bridgehead atoms. The van der Waals surface area contributed by atoms with Crippen molar-refractivity contribution in [3.05, 3.63) is 12.2 Å². The van der Waals surface area contributed by atoms with E-state index in [1.807, 2.05) is 6.92 Å². The number of amides is 1. The molecule has 0 rings (SSSR count). The second-order valence-electron chi connectivity index (χ2n) is 18.9. The third kappa shape index (κ3) is 40.6. The summed E-state index contributed by atoms with van der Waals surface area (Å²) in [4.78, 5) is 13.8. The number of carbonyl (C=O) groups excluding carboxylic acids is 1. The first-order valence-corrected chi connectivity index (χ1v) is 27.3. The monoisotopic (exact) mass is 817 g/mol. The Morgan fingerprint density at radius 1 is 0.310 bits per heavy atom. The van der Waals surface area contributed by atoms with E-state index in [9.17, 15) is 4.79 Å². The predicted octanol–water partition coefficient (Wildman–Crippen LogP) is 19.7. The molecule has 0 N–H and O–H groups in total. The van der Waals surface area contributed by atoms with Gasteiger partial charge in [0.15, 0.2) is 0 Å². The van der Waals surface area contributed by atoms with Gasteiger partial charge in [-0.1, -0.05) is 251 Å². The number of rotatable bonds is 49. The molecule has 58 heavy (non-hydrogen) atoms. The standard InChI is InChI=1S/C55H110NO2/c1-5-9-12-15-18-21-24-27-30-32-35-38-41-44-47-50-53-56(55(57)58-8-4,52-49-46-43-40-37-34-29-26-23-20-17-14-11-7-3)54-51-48-45-42-39-36-33-31-28-25-22-19-16-13-10-6-2/h27,30H,5-26,28-29,31-54H2,1-4H3/q+1/b30-27-. The topological polar surface area (TPSA) is 26.3 Å². The molecule has 0 aliphatic heterocycles. The van der Waals surface area contributed by atoms with Gasteiger partial charge in [-0.15, -0.1) is 0 Å². The minimum atomic E-state index is 0.0749. The fraction of sp³-hybridized carbons (Fsp3) is 0.945. The Hall–Kier alpha value is -0.830. The smallest absolute Gasteiger partial charge is 0.420 e. The zero-order valence-corrected chi connectivity index (χ0v) is 40.9. The van der Waals surface area contributed by atoms with Crippen molar-refractivity contribution >= 4 is 6.09 Å². The Morgan fingerprint density at radius 2 is 0.517 bits per heavy atom. The molecular formula is C55H110NO2+. The van der Waals surface area contributed by atoms with Crippen LogP contribution in [0.5, 0.6) is 0 Å². The summed E-state index contributed by atoms with van der Waals surface area (Å²) >= 11 is 0. The number of hydrogen-bond acceptors (Lipinski definition) is 2. The third-order valence-corrected chi connectivity index (χ3v) is 13.1. The van der Waals surface area contributed by atoms with E-state index < -0.39 is 0 Å². The van der Waals surface area contributed by atoms with Crippen LogP contribution in [-0.2, 0) is 4.74 Å². The molecule has 1 atom stereocenters. The number of quaternary nitrogens is 1. The number of allylic oxidation sites excluding steroid dienone is 2. The van der Waals surface area contributed by atoms with E-state index in [4.69, 9.17) is 4.74 Å². The Morgan fingerprint density at radius 3 is 0.741 bits per heavy atom. The van der Waals surface area contributed by atoms with E-state index in [2.05, 4.69) is 32.9 Å². The highest BCUT2D eigenvalue weighted by molar-refractivity contribution is 5.59. The van der Waals surface area contributed by atoms with Gasteiger partial charge in [-0.05, 0) is 71.1 Å². The van der Waals surface area contributed by atoms with Crippen LogP contribution in [0.25, 0.3) is 0 Å². The Balaban J connectivity index is 4.58. The average molecular weight is 817 g/mol. The van der Waals surface area contributed by atoms with Gasteiger partial charge in [0.2, 0.25) is 0 Å². The zero-order valence-electron chi connectivity index (χ0n) is 40.9. The molecule has 0 saturated heterocycles. The summed E-state index contributed by atoms with van der Waals surface area (Å²) in [6.07, 6.45) is 65.1. The highest BCUT2D eigenvalue weighted by Gasteiger charge is 2.37. The van der Waals surface area contributed by atoms with Crippen LogP contribution < -0.4 is 0 Å². The molecule has 1 unspecified atom stereocenters. The lowest BCUT2D eigenvalue weighted by Crippen LogP contribution is -2.55. The van der Waals surface area contributed by atoms with Gasteiger partial charge in [0.05, 0.1) is 26.2 Å². The molecule has 0 aliphatic carbocycles. The largest absolute Gasteiger partial charge is 0.516 e. The first-order chi connectivity index (χ1) is 28.7. The molecule has 0 heterocycles. The van der Waals surface area contributed by atoms with E-state index in [1.54, 1.807) is 0 Å². The van der Waals surface area contributed by atoms with Crippen molar-refractivity contribution in [1.82, 2.24) is 0 Å². The SMILES string of the molecule is CCCCCCCC/C=C\CCCCCCCC[N+](CCCCCCCCCCCCCCCC)(CCCCCCCCCCCCCCCCCC)C(=O)OCC. The molecule has 0 radical (unpaired) electrons. The number of ether oxygens (including phenoxy) is 1. The van der Waals surface area contributed by atoms with Gasteiger partial charge in [0.1, 0.15) is 0 Å². The third-order valence-electron chi connectivity index (χ3n) is 13.1. The van der Waals surface area contributed by atoms with E-state index in [0.717, 1.165) is 26.1 Å². The summed E-state index contributed by atoms with van der Waals surface area (Å²) in [6.45, 7) is 12.4. The van der Waals surface area contributed by atoms with Crippen LogP contribution >= 0.6 is 0 Å². The summed E-state index contributed by atoms with van der Waals surface area (Å²) in [5.74, 6) is 0. The molecule has 0 aromatic rings. The fourth-order valence-corrected chi connectivity index (χ4v) is 9.10. The van der Waals surface area contributed by atoms with E-state index in [-0.39, 0.29) is 6.09 Å². The van der Waals surface area contributed by atoms with Gasteiger partial charge >= 0.3 is 6.09 Å². The van der Waals surface area contributed by atoms with Crippen molar-refractivity contribution in [2.75, 3.05) is 26.2 Å². The molecule has 0 fully saturated rings. The van der Waals surface area contributed by atoms with E-state index >= 15 is 0 Å². The highest BCUT2D eigenvalue weighted by Crippen LogP contribution is 2.22. The molecule has 0 spiro atoms. The van der Waals surface area contributed by atoms with E-state index in [0.29, 0.717) is 11.1 Å². The van der Waals surface area contributed by atoms with Crippen LogP contribution in [0.3, 0.4) is 0 Å². The van der Waals surface area contributed by atoms with Crippen LogP contribution in [0.15, 0.2) is 12.2 Å². The Kier molecular flexibility index (Phi) is 48.1. The number of nitrogens with zero attached hydrogens (tertiary/aromatic N) is 1. The Labute approximate surface area is 367 Å². The van der Waals surface area contributed by atoms with Gasteiger partial charge < -0.3 is 4.74 Å². The van der Waals surface area contributed by atoms with Gasteiger partial charge in [-0.2, -0.15) is 4.79 Å². The van der Waals surface area contributed by atoms with Crippen LogP contribution in [0.1, 0.15) is 310 Å². The quantitative estimate of drug-likeness (QED) is 0.0347. The maximum atomic E-state index is 13.8. The van der Waals surface area contributed by atoms with Crippen molar-refractivity contribution in [2.24, 2.45) is 0 Å². The second-order valence-corrected chi connectivity index (χ2v) is 18.9. The molecule has 0 saturated carbocycles. The van der Waals surface area contributed by atoms with Gasteiger partial charge in [0, 0.05) is 0 Å². The first kappa shape index (κ1) is 57.2. The molecule has 346 valence electrons. The van der Waals surface area contributed by atoms with E-state index in [1.165, 1.54) is 276 Å². The van der Waals surface area contributed by atoms with Crippen LogP contribution in [0.4, 0.5) is 4.79 Å². The minimum Gasteiger partial charge on any atom is -0.420 e. The van der Waals surface area contributed by atoms with Gasteiger partial charge in [-0.3, -0.25) is 0 Å². The summed E-state index contributed by atoms with van der Waals surface area (Å²) in [5, 5.41) is 0. The molecule has 3 nitrogen and oxygen atoms in total.